The fourth-order valence-electron chi connectivity index (χ4n) is 0.965. The second-order valence-corrected chi connectivity index (χ2v) is 2.59. The fourth-order valence-corrected chi connectivity index (χ4v) is 0.965. The van der Waals surface area contributed by atoms with Gasteiger partial charge in [0, 0.05) is 12.6 Å². The minimum Gasteiger partial charge on any atom is -0.478 e. The number of nitrogens with zero attached hydrogens (tertiary/aromatic N) is 1. The first-order chi connectivity index (χ1) is 6.27. The molecule has 1 aromatic heterocycles. The van der Waals surface area contributed by atoms with Gasteiger partial charge in [-0.2, -0.15) is 0 Å². The molecule has 1 rings (SSSR count). The number of aromatic nitrogens is 1. The number of pyridine rings is 1. The highest BCUT2D eigenvalue weighted by Crippen LogP contribution is 2.13. The molecule has 0 aliphatic carbocycles. The van der Waals surface area contributed by atoms with E-state index in [4.69, 9.17) is 10.5 Å². The van der Waals surface area contributed by atoms with Gasteiger partial charge >= 0.3 is 0 Å². The molecule has 72 valence electrons. The van der Waals surface area contributed by atoms with Crippen molar-refractivity contribution in [1.82, 2.24) is 4.98 Å². The van der Waals surface area contributed by atoms with E-state index < -0.39 is 6.10 Å². The van der Waals surface area contributed by atoms with Crippen molar-refractivity contribution in [2.45, 2.75) is 13.0 Å². The van der Waals surface area contributed by atoms with Crippen LogP contribution in [0.1, 0.15) is 18.7 Å². The van der Waals surface area contributed by atoms with Crippen LogP contribution in [-0.4, -0.2) is 23.2 Å². The van der Waals surface area contributed by atoms with Gasteiger partial charge in [0.15, 0.2) is 0 Å². The Bertz CT molecular complexity index is 266. The maximum Gasteiger partial charge on any atom is 0.213 e. The normalized spacial score (nSPS) is 12.5. The molecule has 0 saturated carbocycles. The Kier molecular flexibility index (Phi) is 3.67. The SMILES string of the molecule is CCOc1cccc(C(O)CN)n1. The molecule has 1 atom stereocenters. The van der Waals surface area contributed by atoms with Crippen LogP contribution < -0.4 is 10.5 Å². The molecule has 3 N–H and O–H groups in total. The van der Waals surface area contributed by atoms with Crippen molar-refractivity contribution in [3.63, 3.8) is 0 Å². The average molecular weight is 182 g/mol. The van der Waals surface area contributed by atoms with Crippen LogP contribution >= 0.6 is 0 Å². The third-order valence-electron chi connectivity index (χ3n) is 1.60. The molecular weight excluding hydrogens is 168 g/mol. The predicted molar refractivity (Wildman–Crippen MR) is 49.4 cm³/mol. The molecule has 0 aliphatic rings. The zero-order chi connectivity index (χ0) is 9.68. The molecule has 0 amide bonds. The third-order valence-corrected chi connectivity index (χ3v) is 1.60. The highest BCUT2D eigenvalue weighted by Gasteiger charge is 2.06. The molecule has 0 aromatic carbocycles. The van der Waals surface area contributed by atoms with Crippen LogP contribution in [0.5, 0.6) is 5.88 Å². The Balaban J connectivity index is 2.78. The van der Waals surface area contributed by atoms with Gasteiger partial charge in [-0.15, -0.1) is 0 Å². The van der Waals surface area contributed by atoms with Crippen molar-refractivity contribution in [3.05, 3.63) is 23.9 Å². The van der Waals surface area contributed by atoms with E-state index in [0.717, 1.165) is 0 Å². The molecule has 0 bridgehead atoms. The largest absolute Gasteiger partial charge is 0.478 e. The maximum atomic E-state index is 9.38. The number of ether oxygens (including phenoxy) is 1. The quantitative estimate of drug-likeness (QED) is 0.710. The minimum absolute atomic E-state index is 0.169. The number of aliphatic hydroxyl groups excluding tert-OH is 1. The molecule has 0 saturated heterocycles. The second kappa shape index (κ2) is 4.79. The molecule has 4 nitrogen and oxygen atoms in total. The Morgan fingerprint density at radius 1 is 1.62 bits per heavy atom. The van der Waals surface area contributed by atoms with Crippen molar-refractivity contribution in [2.75, 3.05) is 13.2 Å². The lowest BCUT2D eigenvalue weighted by atomic mass is 10.2. The number of aliphatic hydroxyl groups is 1. The van der Waals surface area contributed by atoms with E-state index in [1.807, 2.05) is 6.92 Å². The monoisotopic (exact) mass is 182 g/mol. The Labute approximate surface area is 77.4 Å². The Hall–Kier alpha value is -1.13. The van der Waals surface area contributed by atoms with Gasteiger partial charge in [-0.25, -0.2) is 4.98 Å². The first-order valence-corrected chi connectivity index (χ1v) is 4.25. The number of hydrogen-bond donors (Lipinski definition) is 2. The molecule has 4 heteroatoms. The van der Waals surface area contributed by atoms with Gasteiger partial charge in [-0.1, -0.05) is 6.07 Å². The smallest absolute Gasteiger partial charge is 0.213 e. The lowest BCUT2D eigenvalue weighted by Gasteiger charge is -2.08. The summed E-state index contributed by atoms with van der Waals surface area (Å²) < 4.78 is 5.18. The van der Waals surface area contributed by atoms with E-state index in [2.05, 4.69) is 4.98 Å². The van der Waals surface area contributed by atoms with E-state index >= 15 is 0 Å². The van der Waals surface area contributed by atoms with Crippen molar-refractivity contribution in [2.24, 2.45) is 5.73 Å². The Morgan fingerprint density at radius 3 is 3.00 bits per heavy atom. The van der Waals surface area contributed by atoms with Crippen LogP contribution in [0, 0.1) is 0 Å². The summed E-state index contributed by atoms with van der Waals surface area (Å²) >= 11 is 0. The number of nitrogens with two attached hydrogens (primary N) is 1. The van der Waals surface area contributed by atoms with E-state index in [0.29, 0.717) is 18.2 Å². The summed E-state index contributed by atoms with van der Waals surface area (Å²) in [6, 6.07) is 5.25. The van der Waals surface area contributed by atoms with Crippen LogP contribution in [0.25, 0.3) is 0 Å². The van der Waals surface area contributed by atoms with Gasteiger partial charge in [-0.05, 0) is 13.0 Å². The highest BCUT2D eigenvalue weighted by atomic mass is 16.5. The molecule has 0 aliphatic heterocycles. The van der Waals surface area contributed by atoms with Gasteiger partial charge in [0.05, 0.1) is 12.3 Å². The van der Waals surface area contributed by atoms with Gasteiger partial charge < -0.3 is 15.6 Å². The summed E-state index contributed by atoms with van der Waals surface area (Å²) in [6.07, 6.45) is -0.708. The maximum absolute atomic E-state index is 9.38. The van der Waals surface area contributed by atoms with Gasteiger partial charge in [0.2, 0.25) is 5.88 Å². The van der Waals surface area contributed by atoms with Crippen LogP contribution in [0.15, 0.2) is 18.2 Å². The molecule has 1 heterocycles. The summed E-state index contributed by atoms with van der Waals surface area (Å²) in [5.74, 6) is 0.521. The molecular formula is C9H14N2O2. The van der Waals surface area contributed by atoms with Crippen LogP contribution in [-0.2, 0) is 0 Å². The first kappa shape index (κ1) is 9.95. The summed E-state index contributed by atoms with van der Waals surface area (Å²) in [5, 5.41) is 9.38. The van der Waals surface area contributed by atoms with Crippen molar-refractivity contribution < 1.29 is 9.84 Å². The molecule has 1 aromatic rings. The topological polar surface area (TPSA) is 68.4 Å². The highest BCUT2D eigenvalue weighted by molar-refractivity contribution is 5.17. The third kappa shape index (κ3) is 2.68. The summed E-state index contributed by atoms with van der Waals surface area (Å²) in [6.45, 7) is 2.62. The predicted octanol–water partition coefficient (Wildman–Crippen LogP) is 0.472. The van der Waals surface area contributed by atoms with Gasteiger partial charge in [0.1, 0.15) is 6.10 Å². The second-order valence-electron chi connectivity index (χ2n) is 2.59. The molecule has 0 fully saturated rings. The molecule has 0 radical (unpaired) electrons. The van der Waals surface area contributed by atoms with E-state index in [9.17, 15) is 5.11 Å². The van der Waals surface area contributed by atoms with Crippen LogP contribution in [0.3, 0.4) is 0 Å². The summed E-state index contributed by atoms with van der Waals surface area (Å²) in [5.41, 5.74) is 5.85. The minimum atomic E-state index is -0.708. The van der Waals surface area contributed by atoms with Gasteiger partial charge in [-0.3, -0.25) is 0 Å². The first-order valence-electron chi connectivity index (χ1n) is 4.25. The van der Waals surface area contributed by atoms with E-state index in [1.165, 1.54) is 0 Å². The average Bonchev–Trinajstić information content (AvgIpc) is 2.18. The zero-order valence-corrected chi connectivity index (χ0v) is 7.60. The van der Waals surface area contributed by atoms with Crippen LogP contribution in [0.2, 0.25) is 0 Å². The number of rotatable bonds is 4. The lowest BCUT2D eigenvalue weighted by molar-refractivity contribution is 0.180. The summed E-state index contributed by atoms with van der Waals surface area (Å²) in [4.78, 5) is 4.08. The van der Waals surface area contributed by atoms with E-state index in [1.54, 1.807) is 18.2 Å². The molecule has 0 spiro atoms. The van der Waals surface area contributed by atoms with Crippen LogP contribution in [0.4, 0.5) is 0 Å². The fraction of sp³-hybridized carbons (Fsp3) is 0.444. The lowest BCUT2D eigenvalue weighted by Crippen LogP contribution is -2.13. The molecule has 1 unspecified atom stereocenters. The zero-order valence-electron chi connectivity index (χ0n) is 7.60. The van der Waals surface area contributed by atoms with E-state index in [-0.39, 0.29) is 6.54 Å². The van der Waals surface area contributed by atoms with Crippen molar-refractivity contribution in [3.8, 4) is 5.88 Å². The standard InChI is InChI=1S/C9H14N2O2/c1-2-13-9-5-3-4-7(11-9)8(12)6-10/h3-5,8,12H,2,6,10H2,1H3. The molecule has 13 heavy (non-hydrogen) atoms. The summed E-state index contributed by atoms with van der Waals surface area (Å²) in [7, 11) is 0. The number of hydrogen-bond acceptors (Lipinski definition) is 4. The Morgan fingerprint density at radius 2 is 2.38 bits per heavy atom. The van der Waals surface area contributed by atoms with Crippen molar-refractivity contribution in [1.29, 1.82) is 0 Å². The van der Waals surface area contributed by atoms with Gasteiger partial charge in [0.25, 0.3) is 0 Å². The van der Waals surface area contributed by atoms with Crippen molar-refractivity contribution >= 4 is 0 Å².